The lowest BCUT2D eigenvalue weighted by atomic mass is 10.3. The van der Waals surface area contributed by atoms with Gasteiger partial charge in [-0.15, -0.1) is 0 Å². The van der Waals surface area contributed by atoms with E-state index in [4.69, 9.17) is 0 Å². The number of nitrogens with zero attached hydrogens (tertiary/aromatic N) is 5. The minimum Gasteiger partial charge on any atom is -0.364 e. The van der Waals surface area contributed by atoms with E-state index in [0.717, 1.165) is 5.69 Å². The van der Waals surface area contributed by atoms with Gasteiger partial charge in [0.15, 0.2) is 0 Å². The Bertz CT molecular complexity index is 600. The van der Waals surface area contributed by atoms with Crippen LogP contribution < -0.4 is 5.32 Å². The quantitative estimate of drug-likeness (QED) is 0.643. The van der Waals surface area contributed by atoms with Gasteiger partial charge in [0.05, 0.1) is 10.6 Å². The van der Waals surface area contributed by atoms with Crippen LogP contribution in [0.2, 0.25) is 0 Å². The number of aryl methyl sites for hydroxylation is 3. The predicted octanol–water partition coefficient (Wildman–Crippen LogP) is 1.02. The number of hydrogen-bond acceptors (Lipinski definition) is 5. The van der Waals surface area contributed by atoms with Gasteiger partial charge < -0.3 is 5.32 Å². The molecule has 2 rings (SSSR count). The minimum absolute atomic E-state index is 0.0310. The zero-order valence-electron chi connectivity index (χ0n) is 11.1. The van der Waals surface area contributed by atoms with Crippen LogP contribution >= 0.6 is 0 Å². The fourth-order valence-corrected chi connectivity index (χ4v) is 1.97. The van der Waals surface area contributed by atoms with Crippen molar-refractivity contribution in [3.63, 3.8) is 0 Å². The molecule has 0 aliphatic carbocycles. The Kier molecular flexibility index (Phi) is 3.50. The van der Waals surface area contributed by atoms with Gasteiger partial charge in [-0.2, -0.15) is 10.2 Å². The Labute approximate surface area is 110 Å². The van der Waals surface area contributed by atoms with Crippen LogP contribution in [0.5, 0.6) is 0 Å². The summed E-state index contributed by atoms with van der Waals surface area (Å²) in [6.07, 6.45) is 2.56. The zero-order chi connectivity index (χ0) is 14.0. The van der Waals surface area contributed by atoms with E-state index in [2.05, 4.69) is 15.5 Å². The summed E-state index contributed by atoms with van der Waals surface area (Å²) >= 11 is 0. The molecule has 0 atom stereocenters. The summed E-state index contributed by atoms with van der Waals surface area (Å²) in [5.74, 6) is 0.429. The van der Waals surface area contributed by atoms with Crippen LogP contribution in [-0.4, -0.2) is 31.0 Å². The van der Waals surface area contributed by atoms with Crippen LogP contribution in [0.3, 0.4) is 0 Å². The lowest BCUT2D eigenvalue weighted by Crippen LogP contribution is -2.10. The first-order valence-electron chi connectivity index (χ1n) is 5.89. The van der Waals surface area contributed by atoms with Crippen molar-refractivity contribution in [3.8, 4) is 0 Å². The van der Waals surface area contributed by atoms with Gasteiger partial charge in [-0.05, 0) is 13.0 Å². The first kappa shape index (κ1) is 13.1. The van der Waals surface area contributed by atoms with E-state index in [1.54, 1.807) is 18.7 Å². The smallest absolute Gasteiger partial charge is 0.333 e. The van der Waals surface area contributed by atoms with Crippen molar-refractivity contribution in [2.75, 3.05) is 11.9 Å². The highest BCUT2D eigenvalue weighted by atomic mass is 16.6. The number of anilines is 1. The summed E-state index contributed by atoms with van der Waals surface area (Å²) in [4.78, 5) is 10.6. The monoisotopic (exact) mass is 264 g/mol. The summed E-state index contributed by atoms with van der Waals surface area (Å²) in [6.45, 7) is 2.19. The van der Waals surface area contributed by atoms with Gasteiger partial charge >= 0.3 is 5.69 Å². The van der Waals surface area contributed by atoms with Crippen molar-refractivity contribution in [1.82, 2.24) is 19.6 Å². The Morgan fingerprint density at radius 1 is 1.42 bits per heavy atom. The van der Waals surface area contributed by atoms with Crippen LogP contribution in [0.25, 0.3) is 0 Å². The van der Waals surface area contributed by atoms with E-state index < -0.39 is 4.92 Å². The molecule has 0 aliphatic rings. The lowest BCUT2D eigenvalue weighted by molar-refractivity contribution is -0.384. The molecule has 0 saturated carbocycles. The van der Waals surface area contributed by atoms with Crippen LogP contribution in [-0.2, 0) is 20.5 Å². The lowest BCUT2D eigenvalue weighted by Gasteiger charge is -2.04. The third-order valence-corrected chi connectivity index (χ3v) is 2.82. The molecule has 19 heavy (non-hydrogen) atoms. The molecule has 102 valence electrons. The van der Waals surface area contributed by atoms with Crippen molar-refractivity contribution in [3.05, 3.63) is 33.8 Å². The van der Waals surface area contributed by atoms with Crippen LogP contribution in [0.4, 0.5) is 11.5 Å². The van der Waals surface area contributed by atoms with Gasteiger partial charge in [-0.25, -0.2) is 4.68 Å². The molecule has 2 aromatic heterocycles. The fraction of sp³-hybridized carbons (Fsp3) is 0.455. The van der Waals surface area contributed by atoms with Crippen LogP contribution in [0.1, 0.15) is 11.4 Å². The highest BCUT2D eigenvalue weighted by Crippen LogP contribution is 2.26. The number of aromatic nitrogens is 4. The summed E-state index contributed by atoms with van der Waals surface area (Å²) in [7, 11) is 3.54. The molecule has 0 aliphatic heterocycles. The summed E-state index contributed by atoms with van der Waals surface area (Å²) < 4.78 is 3.22. The molecule has 0 spiro atoms. The summed E-state index contributed by atoms with van der Waals surface area (Å²) in [6, 6.07) is 1.92. The molecule has 2 heterocycles. The SMILES string of the molecule is Cc1nn(C)c(NCCc2ccn(C)n2)c1[N+](=O)[O-]. The van der Waals surface area contributed by atoms with Gasteiger partial charge in [0.2, 0.25) is 5.82 Å². The largest absolute Gasteiger partial charge is 0.364 e. The first-order chi connectivity index (χ1) is 8.99. The van der Waals surface area contributed by atoms with Gasteiger partial charge in [0.1, 0.15) is 5.69 Å². The number of hydrogen-bond donors (Lipinski definition) is 1. The predicted molar refractivity (Wildman–Crippen MR) is 70.0 cm³/mol. The average Bonchev–Trinajstić information content (AvgIpc) is 2.84. The second kappa shape index (κ2) is 5.09. The molecule has 2 aromatic rings. The second-order valence-electron chi connectivity index (χ2n) is 4.32. The maximum Gasteiger partial charge on any atom is 0.333 e. The second-order valence-corrected chi connectivity index (χ2v) is 4.32. The van der Waals surface area contributed by atoms with E-state index in [-0.39, 0.29) is 5.69 Å². The van der Waals surface area contributed by atoms with E-state index in [1.165, 1.54) is 4.68 Å². The molecule has 0 bridgehead atoms. The molecule has 1 N–H and O–H groups in total. The molecule has 0 saturated heterocycles. The highest BCUT2D eigenvalue weighted by molar-refractivity contribution is 5.59. The third-order valence-electron chi connectivity index (χ3n) is 2.82. The fourth-order valence-electron chi connectivity index (χ4n) is 1.97. The van der Waals surface area contributed by atoms with Gasteiger partial charge in [0, 0.05) is 33.3 Å². The number of nitrogens with one attached hydrogen (secondary N) is 1. The Balaban J connectivity index is 2.05. The van der Waals surface area contributed by atoms with Gasteiger partial charge in [-0.1, -0.05) is 0 Å². The molecule has 0 amide bonds. The Hall–Kier alpha value is -2.38. The van der Waals surface area contributed by atoms with Gasteiger partial charge in [-0.3, -0.25) is 14.8 Å². The Morgan fingerprint density at radius 3 is 2.74 bits per heavy atom. The van der Waals surface area contributed by atoms with Crippen molar-refractivity contribution in [1.29, 1.82) is 0 Å². The first-order valence-corrected chi connectivity index (χ1v) is 5.89. The number of nitro groups is 1. The molecule has 0 unspecified atom stereocenters. The molecule has 8 heteroatoms. The van der Waals surface area contributed by atoms with E-state index in [1.807, 2.05) is 19.3 Å². The molecule has 0 radical (unpaired) electrons. The van der Waals surface area contributed by atoms with Crippen LogP contribution in [0, 0.1) is 17.0 Å². The normalized spacial score (nSPS) is 10.7. The molecular weight excluding hydrogens is 248 g/mol. The van der Waals surface area contributed by atoms with Crippen molar-refractivity contribution in [2.45, 2.75) is 13.3 Å². The van der Waals surface area contributed by atoms with E-state index in [9.17, 15) is 10.1 Å². The molecular formula is C11H16N6O2. The van der Waals surface area contributed by atoms with E-state index in [0.29, 0.717) is 24.5 Å². The topological polar surface area (TPSA) is 90.8 Å². The highest BCUT2D eigenvalue weighted by Gasteiger charge is 2.23. The van der Waals surface area contributed by atoms with Gasteiger partial charge in [0.25, 0.3) is 0 Å². The number of rotatable bonds is 5. The maximum absolute atomic E-state index is 11.0. The maximum atomic E-state index is 11.0. The molecule has 0 aromatic carbocycles. The molecule has 8 nitrogen and oxygen atoms in total. The van der Waals surface area contributed by atoms with Crippen LogP contribution in [0.15, 0.2) is 12.3 Å². The summed E-state index contributed by atoms with van der Waals surface area (Å²) in [5, 5.41) is 22.3. The van der Waals surface area contributed by atoms with Crippen molar-refractivity contribution < 1.29 is 4.92 Å². The minimum atomic E-state index is -0.411. The van der Waals surface area contributed by atoms with E-state index >= 15 is 0 Å². The Morgan fingerprint density at radius 2 is 2.16 bits per heavy atom. The average molecular weight is 264 g/mol. The zero-order valence-corrected chi connectivity index (χ0v) is 11.1. The third kappa shape index (κ3) is 2.72. The molecule has 0 fully saturated rings. The van der Waals surface area contributed by atoms with Crippen molar-refractivity contribution in [2.24, 2.45) is 14.1 Å². The standard InChI is InChI=1S/C11H16N6O2/c1-8-10(17(18)19)11(16(3)13-8)12-6-4-9-5-7-15(2)14-9/h5,7,12H,4,6H2,1-3H3. The summed E-state index contributed by atoms with van der Waals surface area (Å²) in [5.41, 5.74) is 1.38. The van der Waals surface area contributed by atoms with Crippen molar-refractivity contribution >= 4 is 11.5 Å².